The third-order valence-corrected chi connectivity index (χ3v) is 4.31. The molecular formula is C16H16Br2N2O. The second kappa shape index (κ2) is 6.62. The fourth-order valence-corrected chi connectivity index (χ4v) is 2.80. The minimum Gasteiger partial charge on any atom is -0.398 e. The Kier molecular flexibility index (Phi) is 5.06. The second-order valence-electron chi connectivity index (χ2n) is 4.96. The highest BCUT2D eigenvalue weighted by molar-refractivity contribution is 9.10. The standard InChI is InChI=1S/C16H16Br2N2O/c1-10-14(7-13(18)8-15(10)19)16(21)20(2)9-11-3-5-12(17)6-4-11/h3-8H,9,19H2,1-2H3. The molecule has 110 valence electrons. The molecule has 0 aliphatic carbocycles. The number of amides is 1. The van der Waals surface area contributed by atoms with Crippen LogP contribution < -0.4 is 5.73 Å². The maximum atomic E-state index is 12.6. The van der Waals surface area contributed by atoms with Crippen molar-refractivity contribution in [2.75, 3.05) is 12.8 Å². The molecule has 3 nitrogen and oxygen atoms in total. The molecular weight excluding hydrogens is 396 g/mol. The summed E-state index contributed by atoms with van der Waals surface area (Å²) in [5.74, 6) is -0.0385. The van der Waals surface area contributed by atoms with Crippen LogP contribution >= 0.6 is 31.9 Å². The van der Waals surface area contributed by atoms with Gasteiger partial charge in [0, 0.05) is 33.8 Å². The van der Waals surface area contributed by atoms with Crippen LogP contribution in [0.15, 0.2) is 45.3 Å². The van der Waals surface area contributed by atoms with E-state index in [0.29, 0.717) is 17.8 Å². The van der Waals surface area contributed by atoms with Crippen molar-refractivity contribution in [1.82, 2.24) is 4.90 Å². The number of benzene rings is 2. The van der Waals surface area contributed by atoms with Crippen molar-refractivity contribution >= 4 is 43.5 Å². The fraction of sp³-hybridized carbons (Fsp3) is 0.188. The average molecular weight is 412 g/mol. The Morgan fingerprint density at radius 3 is 2.38 bits per heavy atom. The molecule has 0 atom stereocenters. The first kappa shape index (κ1) is 16.0. The summed E-state index contributed by atoms with van der Waals surface area (Å²) in [5, 5.41) is 0. The first-order valence-electron chi connectivity index (χ1n) is 6.44. The van der Waals surface area contributed by atoms with Gasteiger partial charge in [-0.1, -0.05) is 44.0 Å². The Bertz CT molecular complexity index is 669. The maximum absolute atomic E-state index is 12.6. The van der Waals surface area contributed by atoms with Gasteiger partial charge >= 0.3 is 0 Å². The normalized spacial score (nSPS) is 10.5. The highest BCUT2D eigenvalue weighted by Gasteiger charge is 2.16. The van der Waals surface area contributed by atoms with Gasteiger partial charge in [0.25, 0.3) is 5.91 Å². The first-order chi connectivity index (χ1) is 9.88. The van der Waals surface area contributed by atoms with Crippen molar-refractivity contribution in [2.45, 2.75) is 13.5 Å². The van der Waals surface area contributed by atoms with Crippen LogP contribution in [0.5, 0.6) is 0 Å². The summed E-state index contributed by atoms with van der Waals surface area (Å²) in [5.41, 5.74) is 9.05. The number of nitrogens with zero attached hydrogens (tertiary/aromatic N) is 1. The summed E-state index contributed by atoms with van der Waals surface area (Å²) in [6.07, 6.45) is 0. The van der Waals surface area contributed by atoms with Crippen molar-refractivity contribution in [3.8, 4) is 0 Å². The smallest absolute Gasteiger partial charge is 0.254 e. The number of rotatable bonds is 3. The molecule has 0 radical (unpaired) electrons. The number of hydrogen-bond acceptors (Lipinski definition) is 2. The molecule has 0 heterocycles. The van der Waals surface area contributed by atoms with Crippen LogP contribution in [0, 0.1) is 6.92 Å². The SMILES string of the molecule is Cc1c(N)cc(Br)cc1C(=O)N(C)Cc1ccc(Br)cc1. The van der Waals surface area contributed by atoms with E-state index in [1.807, 2.05) is 37.3 Å². The van der Waals surface area contributed by atoms with Gasteiger partial charge in [-0.3, -0.25) is 4.79 Å². The minimum atomic E-state index is -0.0385. The topological polar surface area (TPSA) is 46.3 Å². The van der Waals surface area contributed by atoms with E-state index < -0.39 is 0 Å². The highest BCUT2D eigenvalue weighted by atomic mass is 79.9. The van der Waals surface area contributed by atoms with Crippen molar-refractivity contribution in [3.63, 3.8) is 0 Å². The molecule has 5 heteroatoms. The Hall–Kier alpha value is -1.33. The molecule has 0 aliphatic heterocycles. The molecule has 2 N–H and O–H groups in total. The number of carbonyl (C=O) groups is 1. The summed E-state index contributed by atoms with van der Waals surface area (Å²) in [6, 6.07) is 11.5. The summed E-state index contributed by atoms with van der Waals surface area (Å²) < 4.78 is 1.84. The van der Waals surface area contributed by atoms with Gasteiger partial charge in [0.1, 0.15) is 0 Å². The lowest BCUT2D eigenvalue weighted by Crippen LogP contribution is -2.27. The lowest BCUT2D eigenvalue weighted by molar-refractivity contribution is 0.0784. The molecule has 0 saturated carbocycles. The lowest BCUT2D eigenvalue weighted by atomic mass is 10.1. The maximum Gasteiger partial charge on any atom is 0.254 e. The van der Waals surface area contributed by atoms with Crippen LogP contribution in [0.1, 0.15) is 21.5 Å². The first-order valence-corrected chi connectivity index (χ1v) is 8.02. The predicted molar refractivity (Wildman–Crippen MR) is 93.2 cm³/mol. The summed E-state index contributed by atoms with van der Waals surface area (Å²) in [7, 11) is 1.79. The molecule has 2 aromatic rings. The Morgan fingerprint density at radius 2 is 1.76 bits per heavy atom. The van der Waals surface area contributed by atoms with E-state index in [1.54, 1.807) is 18.0 Å². The number of halogens is 2. The van der Waals surface area contributed by atoms with Crippen LogP contribution in [-0.2, 0) is 6.54 Å². The molecule has 2 aromatic carbocycles. The van der Waals surface area contributed by atoms with Gasteiger partial charge in [-0.25, -0.2) is 0 Å². The van der Waals surface area contributed by atoms with Gasteiger partial charge in [0.15, 0.2) is 0 Å². The molecule has 2 rings (SSSR count). The number of nitrogens with two attached hydrogens (primary N) is 1. The fourth-order valence-electron chi connectivity index (χ4n) is 2.06. The molecule has 1 amide bonds. The Labute approximate surface area is 141 Å². The largest absolute Gasteiger partial charge is 0.398 e. The molecule has 0 fully saturated rings. The van der Waals surface area contributed by atoms with Gasteiger partial charge < -0.3 is 10.6 Å². The average Bonchev–Trinajstić information content (AvgIpc) is 2.44. The van der Waals surface area contributed by atoms with E-state index >= 15 is 0 Å². The summed E-state index contributed by atoms with van der Waals surface area (Å²) in [6.45, 7) is 2.42. The Morgan fingerprint density at radius 1 is 1.14 bits per heavy atom. The summed E-state index contributed by atoms with van der Waals surface area (Å²) in [4.78, 5) is 14.3. The second-order valence-corrected chi connectivity index (χ2v) is 6.79. The van der Waals surface area contributed by atoms with Gasteiger partial charge in [0.2, 0.25) is 0 Å². The molecule has 0 unspecified atom stereocenters. The van der Waals surface area contributed by atoms with Crippen LogP contribution in [-0.4, -0.2) is 17.9 Å². The van der Waals surface area contributed by atoms with Crippen molar-refractivity contribution in [1.29, 1.82) is 0 Å². The molecule has 0 spiro atoms. The van der Waals surface area contributed by atoms with Crippen molar-refractivity contribution in [2.24, 2.45) is 0 Å². The number of nitrogen functional groups attached to an aromatic ring is 1. The number of carbonyl (C=O) groups excluding carboxylic acids is 1. The van der Waals surface area contributed by atoms with E-state index in [-0.39, 0.29) is 5.91 Å². The van der Waals surface area contributed by atoms with Crippen LogP contribution in [0.2, 0.25) is 0 Å². The van der Waals surface area contributed by atoms with Crippen LogP contribution in [0.4, 0.5) is 5.69 Å². The lowest BCUT2D eigenvalue weighted by Gasteiger charge is -2.19. The van der Waals surface area contributed by atoms with E-state index in [2.05, 4.69) is 31.9 Å². The van der Waals surface area contributed by atoms with Crippen LogP contribution in [0.3, 0.4) is 0 Å². The zero-order chi connectivity index (χ0) is 15.6. The van der Waals surface area contributed by atoms with Crippen LogP contribution in [0.25, 0.3) is 0 Å². The quantitative estimate of drug-likeness (QED) is 0.762. The minimum absolute atomic E-state index is 0.0385. The zero-order valence-electron chi connectivity index (χ0n) is 11.9. The van der Waals surface area contributed by atoms with E-state index in [0.717, 1.165) is 20.1 Å². The molecule has 21 heavy (non-hydrogen) atoms. The van der Waals surface area contributed by atoms with Gasteiger partial charge in [0.05, 0.1) is 0 Å². The summed E-state index contributed by atoms with van der Waals surface area (Å²) >= 11 is 6.79. The van der Waals surface area contributed by atoms with Gasteiger partial charge in [-0.2, -0.15) is 0 Å². The predicted octanol–water partition coefficient (Wildman–Crippen LogP) is 4.37. The third-order valence-electron chi connectivity index (χ3n) is 3.32. The van der Waals surface area contributed by atoms with Gasteiger partial charge in [-0.15, -0.1) is 0 Å². The van der Waals surface area contributed by atoms with E-state index in [9.17, 15) is 4.79 Å². The van der Waals surface area contributed by atoms with Gasteiger partial charge in [-0.05, 0) is 42.3 Å². The molecule has 0 aliphatic rings. The van der Waals surface area contributed by atoms with Crippen molar-refractivity contribution in [3.05, 3.63) is 62.0 Å². The highest BCUT2D eigenvalue weighted by Crippen LogP contribution is 2.24. The Balaban J connectivity index is 2.21. The van der Waals surface area contributed by atoms with E-state index in [4.69, 9.17) is 5.73 Å². The third kappa shape index (κ3) is 3.86. The molecule has 0 aromatic heterocycles. The zero-order valence-corrected chi connectivity index (χ0v) is 15.0. The number of anilines is 1. The monoisotopic (exact) mass is 410 g/mol. The molecule has 0 bridgehead atoms. The van der Waals surface area contributed by atoms with Crippen molar-refractivity contribution < 1.29 is 4.79 Å². The molecule has 0 saturated heterocycles. The van der Waals surface area contributed by atoms with E-state index in [1.165, 1.54) is 0 Å². The number of hydrogen-bond donors (Lipinski definition) is 1.